The fourth-order valence-corrected chi connectivity index (χ4v) is 4.14. The predicted octanol–water partition coefficient (Wildman–Crippen LogP) is 5.42. The van der Waals surface area contributed by atoms with E-state index in [-0.39, 0.29) is 18.1 Å². The van der Waals surface area contributed by atoms with Gasteiger partial charge in [0, 0.05) is 30.9 Å². The molecule has 6 heteroatoms. The Bertz CT molecular complexity index is 813. The van der Waals surface area contributed by atoms with Crippen LogP contribution in [0.4, 0.5) is 15.3 Å². The van der Waals surface area contributed by atoms with Gasteiger partial charge in [-0.3, -0.25) is 0 Å². The Morgan fingerprint density at radius 1 is 1.10 bits per heavy atom. The number of rotatable bonds is 7. The molecule has 3 rings (SSSR count). The summed E-state index contributed by atoms with van der Waals surface area (Å²) < 4.78 is 0. The van der Waals surface area contributed by atoms with Gasteiger partial charge < -0.3 is 20.2 Å². The zero-order valence-corrected chi connectivity index (χ0v) is 17.5. The summed E-state index contributed by atoms with van der Waals surface area (Å²) in [5, 5.41) is 12.6. The number of urea groups is 1. The number of para-hydroxylation sites is 1. The molecule has 1 fully saturated rings. The number of benzene rings is 2. The van der Waals surface area contributed by atoms with Crippen molar-refractivity contribution in [3.63, 3.8) is 0 Å². The van der Waals surface area contributed by atoms with Gasteiger partial charge in [-0.1, -0.05) is 68.3 Å². The number of nitrogens with zero attached hydrogens (tertiary/aromatic N) is 2. The number of hydrogen-bond donors (Lipinski definition) is 2. The van der Waals surface area contributed by atoms with E-state index < -0.39 is 6.09 Å². The number of carbonyl (C=O) groups is 2. The smallest absolute Gasteiger partial charge is 0.407 e. The molecule has 0 spiro atoms. The fourth-order valence-electron chi connectivity index (χ4n) is 4.14. The summed E-state index contributed by atoms with van der Waals surface area (Å²) in [4.78, 5) is 28.4. The molecule has 1 heterocycles. The third-order valence-corrected chi connectivity index (χ3v) is 5.75. The largest absolute Gasteiger partial charge is 0.465 e. The van der Waals surface area contributed by atoms with Crippen molar-refractivity contribution in [2.24, 2.45) is 0 Å². The number of anilines is 1. The number of carbonyl (C=O) groups excluding carboxylic acids is 1. The first-order chi connectivity index (χ1) is 14.6. The van der Waals surface area contributed by atoms with Crippen LogP contribution in [0, 0.1) is 0 Å². The van der Waals surface area contributed by atoms with Crippen molar-refractivity contribution >= 4 is 17.8 Å². The van der Waals surface area contributed by atoms with Crippen LogP contribution in [0.2, 0.25) is 0 Å². The Balaban J connectivity index is 1.79. The summed E-state index contributed by atoms with van der Waals surface area (Å²) >= 11 is 0. The highest BCUT2D eigenvalue weighted by atomic mass is 16.4. The highest BCUT2D eigenvalue weighted by Crippen LogP contribution is 2.27. The van der Waals surface area contributed by atoms with E-state index >= 15 is 0 Å². The lowest BCUT2D eigenvalue weighted by Crippen LogP contribution is -2.53. The van der Waals surface area contributed by atoms with Gasteiger partial charge >= 0.3 is 12.1 Å². The molecule has 30 heavy (non-hydrogen) atoms. The molecule has 2 aromatic rings. The summed E-state index contributed by atoms with van der Waals surface area (Å²) in [6, 6.07) is 19.2. The van der Waals surface area contributed by atoms with Gasteiger partial charge in [-0.2, -0.15) is 0 Å². The summed E-state index contributed by atoms with van der Waals surface area (Å²) in [7, 11) is 0. The molecule has 0 saturated carbocycles. The third kappa shape index (κ3) is 5.75. The molecular formula is C24H31N3O3. The van der Waals surface area contributed by atoms with Gasteiger partial charge in [0.15, 0.2) is 0 Å². The Kier molecular flexibility index (Phi) is 7.71. The van der Waals surface area contributed by atoms with Crippen LogP contribution in [0.1, 0.15) is 44.6 Å². The number of carboxylic acid groups (broad SMARTS) is 1. The van der Waals surface area contributed by atoms with Crippen molar-refractivity contribution in [2.45, 2.75) is 57.7 Å². The molecule has 2 atom stereocenters. The zero-order valence-electron chi connectivity index (χ0n) is 17.5. The SMILES string of the molecule is CCCCC1CC(N(Cc2ccccc2)C(=O)Nc2ccccc2)CCN1C(=O)O. The van der Waals surface area contributed by atoms with Gasteiger partial charge in [0.2, 0.25) is 0 Å². The van der Waals surface area contributed by atoms with E-state index in [1.54, 1.807) is 4.90 Å². The van der Waals surface area contributed by atoms with Crippen LogP contribution in [0.3, 0.4) is 0 Å². The molecule has 1 aliphatic rings. The summed E-state index contributed by atoms with van der Waals surface area (Å²) in [5.74, 6) is 0. The molecule has 0 aromatic heterocycles. The average Bonchev–Trinajstić information content (AvgIpc) is 2.77. The number of nitrogens with one attached hydrogen (secondary N) is 1. The van der Waals surface area contributed by atoms with E-state index in [1.807, 2.05) is 65.6 Å². The van der Waals surface area contributed by atoms with Crippen LogP contribution in [0.25, 0.3) is 0 Å². The number of piperidine rings is 1. The van der Waals surface area contributed by atoms with E-state index in [2.05, 4.69) is 12.2 Å². The quantitative estimate of drug-likeness (QED) is 0.641. The minimum Gasteiger partial charge on any atom is -0.465 e. The molecule has 2 unspecified atom stereocenters. The summed E-state index contributed by atoms with van der Waals surface area (Å²) in [5.41, 5.74) is 1.82. The van der Waals surface area contributed by atoms with Crippen molar-refractivity contribution in [1.29, 1.82) is 0 Å². The maximum Gasteiger partial charge on any atom is 0.407 e. The Labute approximate surface area is 178 Å². The van der Waals surface area contributed by atoms with E-state index in [1.165, 1.54) is 0 Å². The number of likely N-dealkylation sites (tertiary alicyclic amines) is 1. The lowest BCUT2D eigenvalue weighted by molar-refractivity contribution is 0.0680. The van der Waals surface area contributed by atoms with Crippen molar-refractivity contribution < 1.29 is 14.7 Å². The predicted molar refractivity (Wildman–Crippen MR) is 119 cm³/mol. The second kappa shape index (κ2) is 10.7. The standard InChI is InChI=1S/C24H31N3O3/c1-2-3-14-21-17-22(15-16-26(21)24(29)30)27(18-19-10-6-4-7-11-19)23(28)25-20-12-8-5-9-13-20/h4-13,21-22H,2-3,14-18H2,1H3,(H,25,28)(H,29,30). The molecule has 0 bridgehead atoms. The number of hydrogen-bond acceptors (Lipinski definition) is 2. The highest BCUT2D eigenvalue weighted by molar-refractivity contribution is 5.89. The molecule has 0 aliphatic carbocycles. The Morgan fingerprint density at radius 3 is 2.40 bits per heavy atom. The second-order valence-electron chi connectivity index (χ2n) is 7.86. The van der Waals surface area contributed by atoms with Crippen LogP contribution in [0.15, 0.2) is 60.7 Å². The number of amides is 3. The first-order valence-electron chi connectivity index (χ1n) is 10.7. The normalized spacial score (nSPS) is 18.6. The molecule has 0 radical (unpaired) electrons. The summed E-state index contributed by atoms with van der Waals surface area (Å²) in [6.45, 7) is 3.07. The molecule has 160 valence electrons. The molecule has 1 saturated heterocycles. The van der Waals surface area contributed by atoms with Gasteiger partial charge in [-0.15, -0.1) is 0 Å². The third-order valence-electron chi connectivity index (χ3n) is 5.75. The van der Waals surface area contributed by atoms with Crippen LogP contribution >= 0.6 is 0 Å². The van der Waals surface area contributed by atoms with E-state index in [9.17, 15) is 14.7 Å². The first kappa shape index (κ1) is 21.7. The van der Waals surface area contributed by atoms with E-state index in [0.717, 1.165) is 30.5 Å². The van der Waals surface area contributed by atoms with Crippen molar-refractivity contribution in [3.8, 4) is 0 Å². The van der Waals surface area contributed by atoms with E-state index in [0.29, 0.717) is 25.9 Å². The molecule has 3 amide bonds. The molecule has 2 aromatic carbocycles. The van der Waals surface area contributed by atoms with Crippen molar-refractivity contribution in [3.05, 3.63) is 66.2 Å². The number of unbranched alkanes of at least 4 members (excludes halogenated alkanes) is 1. The first-order valence-corrected chi connectivity index (χ1v) is 10.7. The van der Waals surface area contributed by atoms with Crippen LogP contribution in [-0.2, 0) is 6.54 Å². The molecule has 6 nitrogen and oxygen atoms in total. The van der Waals surface area contributed by atoms with Crippen LogP contribution < -0.4 is 5.32 Å². The van der Waals surface area contributed by atoms with Gasteiger partial charge in [0.25, 0.3) is 0 Å². The van der Waals surface area contributed by atoms with Gasteiger partial charge in [0.05, 0.1) is 0 Å². The highest BCUT2D eigenvalue weighted by Gasteiger charge is 2.35. The van der Waals surface area contributed by atoms with Crippen LogP contribution in [-0.4, -0.2) is 45.7 Å². The topological polar surface area (TPSA) is 72.9 Å². The van der Waals surface area contributed by atoms with Gasteiger partial charge in [-0.05, 0) is 37.0 Å². The molecule has 2 N–H and O–H groups in total. The van der Waals surface area contributed by atoms with Crippen molar-refractivity contribution in [1.82, 2.24) is 9.80 Å². The lowest BCUT2D eigenvalue weighted by Gasteiger charge is -2.42. The summed E-state index contributed by atoms with van der Waals surface area (Å²) in [6.07, 6.45) is 3.29. The van der Waals surface area contributed by atoms with Gasteiger partial charge in [-0.25, -0.2) is 9.59 Å². The molecular weight excluding hydrogens is 378 g/mol. The fraction of sp³-hybridized carbons (Fsp3) is 0.417. The Hall–Kier alpha value is -3.02. The monoisotopic (exact) mass is 409 g/mol. The lowest BCUT2D eigenvalue weighted by atomic mass is 9.92. The maximum atomic E-state index is 13.2. The maximum absolute atomic E-state index is 13.2. The second-order valence-corrected chi connectivity index (χ2v) is 7.86. The van der Waals surface area contributed by atoms with E-state index in [4.69, 9.17) is 0 Å². The zero-order chi connectivity index (χ0) is 21.3. The van der Waals surface area contributed by atoms with Crippen LogP contribution in [0.5, 0.6) is 0 Å². The van der Waals surface area contributed by atoms with Gasteiger partial charge in [0.1, 0.15) is 0 Å². The van der Waals surface area contributed by atoms with Crippen molar-refractivity contribution in [2.75, 3.05) is 11.9 Å². The Morgan fingerprint density at radius 2 is 1.77 bits per heavy atom. The minimum atomic E-state index is -0.863. The molecule has 1 aliphatic heterocycles. The average molecular weight is 410 g/mol. The minimum absolute atomic E-state index is 0.00799.